The van der Waals surface area contributed by atoms with Crippen molar-refractivity contribution in [2.75, 3.05) is 19.3 Å². The van der Waals surface area contributed by atoms with Gasteiger partial charge in [-0.3, -0.25) is 4.90 Å². The largest absolute Gasteiger partial charge is 0.313 e. The SMILES string of the molecule is CC(C)N(CC1CCCN1)C1CCCC(S(C)(=O)=O)C1. The predicted molar refractivity (Wildman–Crippen MR) is 83.8 cm³/mol. The van der Waals surface area contributed by atoms with E-state index in [2.05, 4.69) is 24.1 Å². The van der Waals surface area contributed by atoms with Crippen LogP contribution in [-0.2, 0) is 9.84 Å². The van der Waals surface area contributed by atoms with Crippen LogP contribution in [0.1, 0.15) is 52.4 Å². The van der Waals surface area contributed by atoms with Gasteiger partial charge in [0.05, 0.1) is 5.25 Å². The zero-order valence-electron chi connectivity index (χ0n) is 13.1. The van der Waals surface area contributed by atoms with Crippen LogP contribution in [0.4, 0.5) is 0 Å². The van der Waals surface area contributed by atoms with E-state index in [1.165, 1.54) is 19.1 Å². The van der Waals surface area contributed by atoms with E-state index in [1.54, 1.807) is 0 Å². The fourth-order valence-electron chi connectivity index (χ4n) is 3.76. The molecule has 1 aliphatic heterocycles. The van der Waals surface area contributed by atoms with Crippen molar-refractivity contribution in [3.63, 3.8) is 0 Å². The van der Waals surface area contributed by atoms with Crippen LogP contribution in [0, 0.1) is 0 Å². The quantitative estimate of drug-likeness (QED) is 0.841. The van der Waals surface area contributed by atoms with Crippen LogP contribution in [0.3, 0.4) is 0 Å². The average molecular weight is 302 g/mol. The van der Waals surface area contributed by atoms with Crippen LogP contribution < -0.4 is 5.32 Å². The lowest BCUT2D eigenvalue weighted by Crippen LogP contribution is -2.49. The molecule has 20 heavy (non-hydrogen) atoms. The van der Waals surface area contributed by atoms with Crippen molar-refractivity contribution >= 4 is 9.84 Å². The lowest BCUT2D eigenvalue weighted by molar-refractivity contribution is 0.111. The van der Waals surface area contributed by atoms with Gasteiger partial charge in [0.2, 0.25) is 0 Å². The standard InChI is InChI=1S/C15H30N2O2S/c1-12(2)17(11-13-6-5-9-16-13)14-7-4-8-15(10-14)20(3,18)19/h12-16H,4-11H2,1-3H3. The van der Waals surface area contributed by atoms with E-state index in [4.69, 9.17) is 0 Å². The molecule has 3 unspecified atom stereocenters. The van der Waals surface area contributed by atoms with Crippen molar-refractivity contribution in [1.29, 1.82) is 0 Å². The summed E-state index contributed by atoms with van der Waals surface area (Å²) in [6, 6.07) is 1.52. The molecule has 3 atom stereocenters. The van der Waals surface area contributed by atoms with Crippen LogP contribution in [0.15, 0.2) is 0 Å². The first-order valence-electron chi connectivity index (χ1n) is 8.06. The van der Waals surface area contributed by atoms with Crippen LogP contribution in [0.2, 0.25) is 0 Å². The van der Waals surface area contributed by atoms with E-state index in [0.717, 1.165) is 38.8 Å². The van der Waals surface area contributed by atoms with Gasteiger partial charge in [-0.05, 0) is 52.5 Å². The number of hydrogen-bond donors (Lipinski definition) is 1. The molecule has 4 nitrogen and oxygen atoms in total. The smallest absolute Gasteiger partial charge is 0.150 e. The first kappa shape index (κ1) is 16.2. The van der Waals surface area contributed by atoms with Crippen molar-refractivity contribution in [1.82, 2.24) is 10.2 Å². The number of sulfone groups is 1. The third kappa shape index (κ3) is 4.18. The van der Waals surface area contributed by atoms with Gasteiger partial charge < -0.3 is 5.32 Å². The molecule has 2 aliphatic rings. The van der Waals surface area contributed by atoms with Crippen LogP contribution in [-0.4, -0.2) is 56.0 Å². The number of nitrogens with one attached hydrogen (secondary N) is 1. The molecular formula is C15H30N2O2S. The molecule has 1 saturated carbocycles. The average Bonchev–Trinajstić information content (AvgIpc) is 2.87. The molecule has 5 heteroatoms. The van der Waals surface area contributed by atoms with Gasteiger partial charge in [0.25, 0.3) is 0 Å². The molecular weight excluding hydrogens is 272 g/mol. The van der Waals surface area contributed by atoms with Crippen molar-refractivity contribution in [2.24, 2.45) is 0 Å². The topological polar surface area (TPSA) is 49.4 Å². The molecule has 0 aromatic heterocycles. The minimum Gasteiger partial charge on any atom is -0.313 e. The minimum atomic E-state index is -2.89. The second-order valence-corrected chi connectivity index (χ2v) is 9.18. The van der Waals surface area contributed by atoms with Crippen molar-refractivity contribution in [3.05, 3.63) is 0 Å². The molecule has 118 valence electrons. The number of hydrogen-bond acceptors (Lipinski definition) is 4. The molecule has 2 fully saturated rings. The Hall–Kier alpha value is -0.130. The molecule has 1 saturated heterocycles. The monoisotopic (exact) mass is 302 g/mol. The van der Waals surface area contributed by atoms with E-state index < -0.39 is 9.84 Å². The Balaban J connectivity index is 2.00. The molecule has 0 amide bonds. The van der Waals surface area contributed by atoms with E-state index >= 15 is 0 Å². The summed E-state index contributed by atoms with van der Waals surface area (Å²) in [7, 11) is -2.89. The van der Waals surface area contributed by atoms with Gasteiger partial charge >= 0.3 is 0 Å². The normalized spacial score (nSPS) is 32.1. The molecule has 0 aromatic carbocycles. The van der Waals surface area contributed by atoms with E-state index in [1.807, 2.05) is 0 Å². The van der Waals surface area contributed by atoms with Gasteiger partial charge in [0.15, 0.2) is 0 Å². The first-order valence-corrected chi connectivity index (χ1v) is 10.0. The van der Waals surface area contributed by atoms with Gasteiger partial charge in [-0.2, -0.15) is 0 Å². The highest BCUT2D eigenvalue weighted by Gasteiger charge is 2.33. The van der Waals surface area contributed by atoms with E-state index in [9.17, 15) is 8.42 Å². The van der Waals surface area contributed by atoms with Crippen molar-refractivity contribution < 1.29 is 8.42 Å². The molecule has 2 rings (SSSR count). The second-order valence-electron chi connectivity index (χ2n) is 6.86. The summed E-state index contributed by atoms with van der Waals surface area (Å²) < 4.78 is 23.7. The first-order chi connectivity index (χ1) is 9.38. The lowest BCUT2D eigenvalue weighted by Gasteiger charge is -2.40. The summed E-state index contributed by atoms with van der Waals surface area (Å²) in [5.74, 6) is 0. The highest BCUT2D eigenvalue weighted by atomic mass is 32.2. The second kappa shape index (κ2) is 6.75. The van der Waals surface area contributed by atoms with Gasteiger partial charge in [-0.1, -0.05) is 6.42 Å². The van der Waals surface area contributed by atoms with Crippen LogP contribution in [0.25, 0.3) is 0 Å². The summed E-state index contributed by atoms with van der Waals surface area (Å²) in [6.07, 6.45) is 7.80. The zero-order valence-corrected chi connectivity index (χ0v) is 14.0. The van der Waals surface area contributed by atoms with E-state index in [-0.39, 0.29) is 5.25 Å². The fourth-order valence-corrected chi connectivity index (χ4v) is 4.93. The van der Waals surface area contributed by atoms with Crippen LogP contribution >= 0.6 is 0 Å². The molecule has 0 spiro atoms. The Morgan fingerprint density at radius 3 is 2.50 bits per heavy atom. The molecule has 0 aromatic rings. The third-order valence-electron chi connectivity index (χ3n) is 4.93. The lowest BCUT2D eigenvalue weighted by atomic mass is 9.92. The van der Waals surface area contributed by atoms with Gasteiger partial charge in [0, 0.05) is 30.9 Å². The molecule has 1 heterocycles. The number of nitrogens with zero attached hydrogens (tertiary/aromatic N) is 1. The maximum Gasteiger partial charge on any atom is 0.150 e. The van der Waals surface area contributed by atoms with Gasteiger partial charge in [-0.25, -0.2) is 8.42 Å². The summed E-state index contributed by atoms with van der Waals surface area (Å²) >= 11 is 0. The summed E-state index contributed by atoms with van der Waals surface area (Å²) in [5, 5.41) is 3.44. The number of rotatable bonds is 5. The Kier molecular flexibility index (Phi) is 5.49. The summed E-state index contributed by atoms with van der Waals surface area (Å²) in [6.45, 7) is 6.67. The minimum absolute atomic E-state index is 0.126. The maximum atomic E-state index is 11.8. The Morgan fingerprint density at radius 2 is 1.95 bits per heavy atom. The van der Waals surface area contributed by atoms with Gasteiger partial charge in [0.1, 0.15) is 9.84 Å². The predicted octanol–water partition coefficient (Wildman–Crippen LogP) is 1.80. The Labute approximate surface area is 124 Å². The highest BCUT2D eigenvalue weighted by Crippen LogP contribution is 2.29. The van der Waals surface area contributed by atoms with Gasteiger partial charge in [-0.15, -0.1) is 0 Å². The Bertz CT molecular complexity index is 402. The molecule has 0 bridgehead atoms. The highest BCUT2D eigenvalue weighted by molar-refractivity contribution is 7.91. The Morgan fingerprint density at radius 1 is 1.20 bits per heavy atom. The van der Waals surface area contributed by atoms with Crippen molar-refractivity contribution in [3.8, 4) is 0 Å². The molecule has 0 radical (unpaired) electrons. The summed E-state index contributed by atoms with van der Waals surface area (Å²) in [5.41, 5.74) is 0. The molecule has 1 N–H and O–H groups in total. The summed E-state index contributed by atoms with van der Waals surface area (Å²) in [4.78, 5) is 2.54. The van der Waals surface area contributed by atoms with E-state index in [0.29, 0.717) is 18.1 Å². The molecule has 1 aliphatic carbocycles. The third-order valence-corrected chi connectivity index (χ3v) is 6.57. The van der Waals surface area contributed by atoms with Crippen molar-refractivity contribution in [2.45, 2.75) is 75.7 Å². The van der Waals surface area contributed by atoms with Crippen LogP contribution in [0.5, 0.6) is 0 Å². The zero-order chi connectivity index (χ0) is 14.8. The fraction of sp³-hybridized carbons (Fsp3) is 1.00. The maximum absolute atomic E-state index is 11.8.